The SMILES string of the molecule is CC(=O)Nc1nc(C(=O)NCCc2ccc3c(c2)OCCO3)cs1. The minimum Gasteiger partial charge on any atom is -0.486 e. The van der Waals surface area contributed by atoms with E-state index in [4.69, 9.17) is 9.47 Å². The highest BCUT2D eigenvalue weighted by molar-refractivity contribution is 7.14. The summed E-state index contributed by atoms with van der Waals surface area (Å²) in [6.07, 6.45) is 0.672. The third kappa shape index (κ3) is 4.02. The van der Waals surface area contributed by atoms with Gasteiger partial charge in [0.05, 0.1) is 0 Å². The summed E-state index contributed by atoms with van der Waals surface area (Å²) in [6.45, 7) is 2.99. The molecule has 8 heteroatoms. The molecule has 3 rings (SSSR count). The van der Waals surface area contributed by atoms with Crippen molar-refractivity contribution in [2.45, 2.75) is 13.3 Å². The lowest BCUT2D eigenvalue weighted by Crippen LogP contribution is -2.26. The summed E-state index contributed by atoms with van der Waals surface area (Å²) in [5.74, 6) is 1.02. The second-order valence-electron chi connectivity index (χ2n) is 5.20. The fraction of sp³-hybridized carbons (Fsp3) is 0.312. The van der Waals surface area contributed by atoms with Crippen molar-refractivity contribution >= 4 is 28.3 Å². The number of rotatable bonds is 5. The first kappa shape index (κ1) is 16.3. The Hall–Kier alpha value is -2.61. The van der Waals surface area contributed by atoms with Crippen molar-refractivity contribution in [3.8, 4) is 11.5 Å². The van der Waals surface area contributed by atoms with E-state index in [9.17, 15) is 9.59 Å². The molecule has 0 saturated carbocycles. The van der Waals surface area contributed by atoms with Crippen molar-refractivity contribution in [1.82, 2.24) is 10.3 Å². The Morgan fingerprint density at radius 1 is 1.25 bits per heavy atom. The van der Waals surface area contributed by atoms with Crippen LogP contribution >= 0.6 is 11.3 Å². The van der Waals surface area contributed by atoms with E-state index >= 15 is 0 Å². The lowest BCUT2D eigenvalue weighted by molar-refractivity contribution is -0.114. The number of fused-ring (bicyclic) bond motifs is 1. The summed E-state index contributed by atoms with van der Waals surface area (Å²) < 4.78 is 11.0. The van der Waals surface area contributed by atoms with Gasteiger partial charge in [-0.3, -0.25) is 9.59 Å². The third-order valence-corrected chi connectivity index (χ3v) is 4.08. The Bertz CT molecular complexity index is 760. The first-order chi connectivity index (χ1) is 11.6. The predicted octanol–water partition coefficient (Wildman–Crippen LogP) is 1.85. The molecule has 1 aliphatic rings. The average molecular weight is 347 g/mol. The molecule has 24 heavy (non-hydrogen) atoms. The van der Waals surface area contributed by atoms with Crippen LogP contribution in [0, 0.1) is 0 Å². The Balaban J connectivity index is 1.51. The van der Waals surface area contributed by atoms with Gasteiger partial charge in [-0.1, -0.05) is 6.07 Å². The van der Waals surface area contributed by atoms with Crippen LogP contribution < -0.4 is 20.1 Å². The second kappa shape index (κ2) is 7.31. The highest BCUT2D eigenvalue weighted by atomic mass is 32.1. The van der Waals surface area contributed by atoms with Gasteiger partial charge >= 0.3 is 0 Å². The van der Waals surface area contributed by atoms with Gasteiger partial charge < -0.3 is 20.1 Å². The Labute approximate surface area is 143 Å². The zero-order chi connectivity index (χ0) is 16.9. The monoisotopic (exact) mass is 347 g/mol. The number of hydrogen-bond donors (Lipinski definition) is 2. The fourth-order valence-corrected chi connectivity index (χ4v) is 2.98. The van der Waals surface area contributed by atoms with Crippen molar-refractivity contribution in [2.24, 2.45) is 0 Å². The minimum absolute atomic E-state index is 0.213. The number of nitrogens with one attached hydrogen (secondary N) is 2. The van der Waals surface area contributed by atoms with E-state index in [1.165, 1.54) is 18.3 Å². The number of amides is 2. The van der Waals surface area contributed by atoms with E-state index in [1.807, 2.05) is 18.2 Å². The third-order valence-electron chi connectivity index (χ3n) is 3.33. The fourth-order valence-electron chi connectivity index (χ4n) is 2.24. The molecular formula is C16H17N3O4S. The first-order valence-corrected chi connectivity index (χ1v) is 8.39. The molecule has 0 bridgehead atoms. The summed E-state index contributed by atoms with van der Waals surface area (Å²) in [7, 11) is 0. The van der Waals surface area contributed by atoms with Crippen molar-refractivity contribution < 1.29 is 19.1 Å². The topological polar surface area (TPSA) is 89.6 Å². The Morgan fingerprint density at radius 3 is 2.83 bits per heavy atom. The summed E-state index contributed by atoms with van der Waals surface area (Å²) in [5.41, 5.74) is 1.35. The molecule has 126 valence electrons. The van der Waals surface area contributed by atoms with Crippen LogP contribution in [-0.4, -0.2) is 36.6 Å². The normalized spacial score (nSPS) is 12.5. The molecule has 2 N–H and O–H groups in total. The maximum Gasteiger partial charge on any atom is 0.270 e. The van der Waals surface area contributed by atoms with Crippen LogP contribution in [0.1, 0.15) is 23.0 Å². The molecule has 2 aromatic rings. The molecule has 0 aliphatic carbocycles. The number of aromatic nitrogens is 1. The molecule has 1 aromatic carbocycles. The van der Waals surface area contributed by atoms with Crippen molar-refractivity contribution in [2.75, 3.05) is 25.1 Å². The molecule has 2 amide bonds. The number of benzene rings is 1. The molecule has 0 saturated heterocycles. The van der Waals surface area contributed by atoms with Crippen LogP contribution in [0.15, 0.2) is 23.6 Å². The number of hydrogen-bond acceptors (Lipinski definition) is 6. The standard InChI is InChI=1S/C16H17N3O4S/c1-10(20)18-16-19-12(9-24-16)15(21)17-5-4-11-2-3-13-14(8-11)23-7-6-22-13/h2-3,8-9H,4-7H2,1H3,(H,17,21)(H,18,19,20). The molecule has 0 unspecified atom stereocenters. The maximum absolute atomic E-state index is 12.0. The first-order valence-electron chi connectivity index (χ1n) is 7.51. The molecule has 7 nitrogen and oxygen atoms in total. The number of nitrogens with zero attached hydrogens (tertiary/aromatic N) is 1. The predicted molar refractivity (Wildman–Crippen MR) is 89.9 cm³/mol. The van der Waals surface area contributed by atoms with Gasteiger partial charge in [0.25, 0.3) is 5.91 Å². The van der Waals surface area contributed by atoms with Crippen LogP contribution in [0.5, 0.6) is 11.5 Å². The molecular weight excluding hydrogens is 330 g/mol. The summed E-state index contributed by atoms with van der Waals surface area (Å²) in [4.78, 5) is 27.1. The van der Waals surface area contributed by atoms with Gasteiger partial charge in [0.2, 0.25) is 5.91 Å². The molecule has 1 aliphatic heterocycles. The highest BCUT2D eigenvalue weighted by Crippen LogP contribution is 2.30. The van der Waals surface area contributed by atoms with E-state index in [-0.39, 0.29) is 11.8 Å². The van der Waals surface area contributed by atoms with E-state index in [0.717, 1.165) is 17.1 Å². The summed E-state index contributed by atoms with van der Waals surface area (Å²) in [6, 6.07) is 5.77. The number of carbonyl (C=O) groups is 2. The molecule has 0 fully saturated rings. The van der Waals surface area contributed by atoms with Crippen molar-refractivity contribution in [3.63, 3.8) is 0 Å². The van der Waals surface area contributed by atoms with Crippen LogP contribution in [0.3, 0.4) is 0 Å². The lowest BCUT2D eigenvalue weighted by Gasteiger charge is -2.18. The zero-order valence-corrected chi connectivity index (χ0v) is 13.9. The average Bonchev–Trinajstić information content (AvgIpc) is 3.02. The lowest BCUT2D eigenvalue weighted by atomic mass is 10.1. The van der Waals surface area contributed by atoms with Gasteiger partial charge in [0.15, 0.2) is 16.6 Å². The zero-order valence-electron chi connectivity index (χ0n) is 13.1. The van der Waals surface area contributed by atoms with Crippen molar-refractivity contribution in [3.05, 3.63) is 34.8 Å². The van der Waals surface area contributed by atoms with Crippen LogP contribution in [-0.2, 0) is 11.2 Å². The molecule has 0 spiro atoms. The molecule has 1 aromatic heterocycles. The molecule has 0 atom stereocenters. The molecule has 2 heterocycles. The van der Waals surface area contributed by atoms with Gasteiger partial charge in [-0.05, 0) is 24.1 Å². The summed E-state index contributed by atoms with van der Waals surface area (Å²) >= 11 is 1.22. The minimum atomic E-state index is -0.264. The van der Waals surface area contributed by atoms with Crippen LogP contribution in [0.4, 0.5) is 5.13 Å². The van der Waals surface area contributed by atoms with Crippen molar-refractivity contribution in [1.29, 1.82) is 0 Å². The van der Waals surface area contributed by atoms with Gasteiger partial charge in [-0.2, -0.15) is 0 Å². The Kier molecular flexibility index (Phi) is 4.95. The van der Waals surface area contributed by atoms with E-state index < -0.39 is 0 Å². The Morgan fingerprint density at radius 2 is 2.04 bits per heavy atom. The quantitative estimate of drug-likeness (QED) is 0.861. The van der Waals surface area contributed by atoms with E-state index in [1.54, 1.807) is 5.38 Å². The number of carbonyl (C=O) groups excluding carboxylic acids is 2. The van der Waals surface area contributed by atoms with Crippen LogP contribution in [0.2, 0.25) is 0 Å². The van der Waals surface area contributed by atoms with E-state index in [0.29, 0.717) is 37.0 Å². The number of anilines is 1. The number of ether oxygens (including phenoxy) is 2. The maximum atomic E-state index is 12.0. The van der Waals surface area contributed by atoms with Gasteiger partial charge in [0, 0.05) is 18.8 Å². The number of thiazole rings is 1. The molecule has 0 radical (unpaired) electrons. The van der Waals surface area contributed by atoms with Gasteiger partial charge in [0.1, 0.15) is 18.9 Å². The van der Waals surface area contributed by atoms with Gasteiger partial charge in [-0.15, -0.1) is 11.3 Å². The van der Waals surface area contributed by atoms with Crippen LogP contribution in [0.25, 0.3) is 0 Å². The second-order valence-corrected chi connectivity index (χ2v) is 6.06. The smallest absolute Gasteiger partial charge is 0.270 e. The van der Waals surface area contributed by atoms with E-state index in [2.05, 4.69) is 15.6 Å². The summed E-state index contributed by atoms with van der Waals surface area (Å²) in [5, 5.41) is 7.40. The largest absolute Gasteiger partial charge is 0.486 e. The van der Waals surface area contributed by atoms with Gasteiger partial charge in [-0.25, -0.2) is 4.98 Å². The highest BCUT2D eigenvalue weighted by Gasteiger charge is 2.13.